The van der Waals surface area contributed by atoms with Gasteiger partial charge in [0.15, 0.2) is 0 Å². The fourth-order valence-electron chi connectivity index (χ4n) is 1.74. The SMILES string of the molecule is CC(C)(Cc1ccccc1Cl)NCCCSO. The Balaban J connectivity index is 2.46. The van der Waals surface area contributed by atoms with Crippen LogP contribution in [-0.4, -0.2) is 22.4 Å². The van der Waals surface area contributed by atoms with E-state index in [1.807, 2.05) is 18.2 Å². The van der Waals surface area contributed by atoms with Gasteiger partial charge in [0, 0.05) is 16.3 Å². The molecule has 0 amide bonds. The Bertz CT molecular complexity index is 344. The van der Waals surface area contributed by atoms with E-state index < -0.39 is 0 Å². The lowest BCUT2D eigenvalue weighted by Gasteiger charge is -2.27. The van der Waals surface area contributed by atoms with Crippen molar-refractivity contribution in [3.05, 3.63) is 34.9 Å². The molecule has 0 aliphatic rings. The fourth-order valence-corrected chi connectivity index (χ4v) is 2.22. The summed E-state index contributed by atoms with van der Waals surface area (Å²) in [6, 6.07) is 7.95. The molecule has 0 aromatic heterocycles. The average Bonchev–Trinajstić information content (AvgIpc) is 2.28. The predicted octanol–water partition coefficient (Wildman–Crippen LogP) is 3.85. The molecule has 1 rings (SSSR count). The minimum atomic E-state index is 0.0190. The van der Waals surface area contributed by atoms with Gasteiger partial charge in [-0.05, 0) is 56.9 Å². The molecule has 17 heavy (non-hydrogen) atoms. The number of benzene rings is 1. The lowest BCUT2D eigenvalue weighted by Crippen LogP contribution is -2.42. The molecule has 1 aromatic rings. The summed E-state index contributed by atoms with van der Waals surface area (Å²) in [7, 11) is 0. The van der Waals surface area contributed by atoms with E-state index in [0.717, 1.165) is 42.2 Å². The van der Waals surface area contributed by atoms with Crippen LogP contribution in [0, 0.1) is 0 Å². The van der Waals surface area contributed by atoms with Crippen LogP contribution in [0.2, 0.25) is 5.02 Å². The summed E-state index contributed by atoms with van der Waals surface area (Å²) in [4.78, 5) is 0. The molecule has 0 atom stereocenters. The van der Waals surface area contributed by atoms with Crippen molar-refractivity contribution >= 4 is 23.6 Å². The minimum absolute atomic E-state index is 0.0190. The van der Waals surface area contributed by atoms with Crippen LogP contribution < -0.4 is 5.32 Å². The second kappa shape index (κ2) is 7.27. The van der Waals surface area contributed by atoms with Crippen LogP contribution >= 0.6 is 23.6 Å². The van der Waals surface area contributed by atoms with Crippen LogP contribution in [0.25, 0.3) is 0 Å². The number of hydrogen-bond acceptors (Lipinski definition) is 3. The average molecular weight is 274 g/mol. The van der Waals surface area contributed by atoms with Gasteiger partial charge in [0.2, 0.25) is 0 Å². The number of halogens is 1. The zero-order chi connectivity index (χ0) is 12.7. The van der Waals surface area contributed by atoms with Gasteiger partial charge in [0.25, 0.3) is 0 Å². The van der Waals surface area contributed by atoms with Crippen molar-refractivity contribution < 1.29 is 4.55 Å². The Labute approximate surface area is 113 Å². The summed E-state index contributed by atoms with van der Waals surface area (Å²) in [6.07, 6.45) is 1.87. The molecule has 2 nitrogen and oxygen atoms in total. The van der Waals surface area contributed by atoms with Crippen LogP contribution in [0.1, 0.15) is 25.8 Å². The van der Waals surface area contributed by atoms with Crippen LogP contribution in [0.4, 0.5) is 0 Å². The lowest BCUT2D eigenvalue weighted by atomic mass is 9.95. The Morgan fingerprint density at radius 1 is 1.35 bits per heavy atom. The minimum Gasteiger partial charge on any atom is -0.330 e. The lowest BCUT2D eigenvalue weighted by molar-refractivity contribution is 0.387. The maximum absolute atomic E-state index is 8.64. The molecular weight excluding hydrogens is 254 g/mol. The Morgan fingerprint density at radius 3 is 2.71 bits per heavy atom. The van der Waals surface area contributed by atoms with E-state index in [1.54, 1.807) is 0 Å². The van der Waals surface area contributed by atoms with E-state index in [9.17, 15) is 0 Å². The fraction of sp³-hybridized carbons (Fsp3) is 0.538. The topological polar surface area (TPSA) is 32.3 Å². The summed E-state index contributed by atoms with van der Waals surface area (Å²) < 4.78 is 8.64. The molecule has 96 valence electrons. The molecule has 0 saturated heterocycles. The number of hydrogen-bond donors (Lipinski definition) is 2. The Kier molecular flexibility index (Phi) is 6.34. The standard InChI is InChI=1S/C13H20ClNOS/c1-13(2,15-8-5-9-17-16)10-11-6-3-4-7-12(11)14/h3-4,6-7,15-16H,5,8-10H2,1-2H3. The van der Waals surface area contributed by atoms with Gasteiger partial charge in [-0.2, -0.15) is 0 Å². The van der Waals surface area contributed by atoms with Gasteiger partial charge < -0.3 is 9.87 Å². The van der Waals surface area contributed by atoms with Crippen molar-refractivity contribution in [1.29, 1.82) is 0 Å². The van der Waals surface area contributed by atoms with Gasteiger partial charge in [-0.15, -0.1) is 0 Å². The molecule has 0 aliphatic heterocycles. The van der Waals surface area contributed by atoms with Crippen LogP contribution in [0.3, 0.4) is 0 Å². The summed E-state index contributed by atoms with van der Waals surface area (Å²) in [6.45, 7) is 5.25. The van der Waals surface area contributed by atoms with Crippen molar-refractivity contribution in [3.63, 3.8) is 0 Å². The van der Waals surface area contributed by atoms with Gasteiger partial charge in [-0.3, -0.25) is 0 Å². The van der Waals surface area contributed by atoms with Crippen LogP contribution in [0.5, 0.6) is 0 Å². The maximum atomic E-state index is 8.64. The highest BCUT2D eigenvalue weighted by atomic mass is 35.5. The zero-order valence-electron chi connectivity index (χ0n) is 10.4. The van der Waals surface area contributed by atoms with E-state index in [-0.39, 0.29) is 5.54 Å². The van der Waals surface area contributed by atoms with Crippen molar-refractivity contribution in [2.45, 2.75) is 32.2 Å². The monoisotopic (exact) mass is 273 g/mol. The molecule has 0 unspecified atom stereocenters. The highest BCUT2D eigenvalue weighted by molar-refractivity contribution is 7.93. The van der Waals surface area contributed by atoms with E-state index in [4.69, 9.17) is 16.2 Å². The third kappa shape index (κ3) is 5.77. The first-order valence-electron chi connectivity index (χ1n) is 5.80. The smallest absolute Gasteiger partial charge is 0.0438 e. The highest BCUT2D eigenvalue weighted by Gasteiger charge is 2.18. The first-order chi connectivity index (χ1) is 8.05. The molecule has 0 bridgehead atoms. The number of nitrogens with one attached hydrogen (secondary N) is 1. The normalized spacial score (nSPS) is 11.8. The van der Waals surface area contributed by atoms with Crippen molar-refractivity contribution in [3.8, 4) is 0 Å². The first-order valence-corrected chi connectivity index (χ1v) is 7.12. The Morgan fingerprint density at radius 2 is 2.06 bits per heavy atom. The quantitative estimate of drug-likeness (QED) is 0.585. The zero-order valence-corrected chi connectivity index (χ0v) is 11.9. The largest absolute Gasteiger partial charge is 0.330 e. The van der Waals surface area contributed by atoms with Gasteiger partial charge in [0.05, 0.1) is 0 Å². The van der Waals surface area contributed by atoms with Crippen molar-refractivity contribution in [2.75, 3.05) is 12.3 Å². The number of rotatable bonds is 7. The summed E-state index contributed by atoms with van der Waals surface area (Å²) in [5, 5.41) is 4.31. The van der Waals surface area contributed by atoms with Gasteiger partial charge >= 0.3 is 0 Å². The van der Waals surface area contributed by atoms with Gasteiger partial charge in [0.1, 0.15) is 0 Å². The molecule has 0 saturated carbocycles. The molecule has 0 spiro atoms. The van der Waals surface area contributed by atoms with Gasteiger partial charge in [-0.25, -0.2) is 0 Å². The highest BCUT2D eigenvalue weighted by Crippen LogP contribution is 2.20. The van der Waals surface area contributed by atoms with Gasteiger partial charge in [-0.1, -0.05) is 29.8 Å². The maximum Gasteiger partial charge on any atom is 0.0438 e. The predicted molar refractivity (Wildman–Crippen MR) is 76.9 cm³/mol. The van der Waals surface area contributed by atoms with E-state index in [1.165, 1.54) is 5.56 Å². The second-order valence-corrected chi connectivity index (χ2v) is 5.84. The molecule has 1 aromatic carbocycles. The summed E-state index contributed by atoms with van der Waals surface area (Å²) in [5.74, 6) is 0.773. The summed E-state index contributed by atoms with van der Waals surface area (Å²) in [5.41, 5.74) is 1.19. The van der Waals surface area contributed by atoms with E-state index in [2.05, 4.69) is 25.2 Å². The second-order valence-electron chi connectivity index (χ2n) is 4.77. The molecule has 2 N–H and O–H groups in total. The molecule has 4 heteroatoms. The van der Waals surface area contributed by atoms with E-state index in [0.29, 0.717) is 0 Å². The third-order valence-electron chi connectivity index (χ3n) is 2.61. The molecule has 0 radical (unpaired) electrons. The first kappa shape index (κ1) is 14.8. The van der Waals surface area contributed by atoms with Crippen molar-refractivity contribution in [1.82, 2.24) is 5.32 Å². The molecular formula is C13H20ClNOS. The Hall–Kier alpha value is -0.220. The third-order valence-corrected chi connectivity index (χ3v) is 3.45. The molecule has 0 heterocycles. The van der Waals surface area contributed by atoms with Crippen LogP contribution in [0.15, 0.2) is 24.3 Å². The molecule has 0 fully saturated rings. The molecule has 0 aliphatic carbocycles. The van der Waals surface area contributed by atoms with Crippen molar-refractivity contribution in [2.24, 2.45) is 0 Å². The summed E-state index contributed by atoms with van der Waals surface area (Å²) >= 11 is 7.05. The van der Waals surface area contributed by atoms with Crippen LogP contribution in [-0.2, 0) is 6.42 Å². The van der Waals surface area contributed by atoms with E-state index >= 15 is 0 Å².